The zero-order valence-corrected chi connectivity index (χ0v) is 10.9. The highest BCUT2D eigenvalue weighted by molar-refractivity contribution is 5.88. The molecule has 0 saturated heterocycles. The first-order chi connectivity index (χ1) is 8.89. The molecule has 0 saturated carbocycles. The van der Waals surface area contributed by atoms with E-state index in [1.54, 1.807) is 30.3 Å². The van der Waals surface area contributed by atoms with Crippen LogP contribution in [0.3, 0.4) is 0 Å². The van der Waals surface area contributed by atoms with E-state index in [-0.39, 0.29) is 13.0 Å². The topological polar surface area (TPSA) is 43.4 Å². The van der Waals surface area contributed by atoms with Crippen LogP contribution in [-0.4, -0.2) is 24.3 Å². The van der Waals surface area contributed by atoms with Gasteiger partial charge in [-0.05, 0) is 25.8 Å². The quantitative estimate of drug-likeness (QED) is 0.746. The van der Waals surface area contributed by atoms with Gasteiger partial charge in [-0.2, -0.15) is 8.78 Å². The van der Waals surface area contributed by atoms with E-state index in [9.17, 15) is 18.4 Å². The Kier molecular flexibility index (Phi) is 5.15. The van der Waals surface area contributed by atoms with E-state index in [4.69, 9.17) is 0 Å². The van der Waals surface area contributed by atoms with Crippen LogP contribution in [0.2, 0.25) is 0 Å². The van der Waals surface area contributed by atoms with Crippen molar-refractivity contribution in [3.63, 3.8) is 0 Å². The van der Waals surface area contributed by atoms with Crippen molar-refractivity contribution in [2.24, 2.45) is 5.92 Å². The molecule has 0 bridgehead atoms. The van der Waals surface area contributed by atoms with Crippen molar-refractivity contribution in [3.05, 3.63) is 35.9 Å². The number of ketones is 1. The molecule has 0 aromatic heterocycles. The summed E-state index contributed by atoms with van der Waals surface area (Å²) >= 11 is 0. The molecule has 1 atom stereocenters. The minimum Gasteiger partial charge on any atom is -0.462 e. The zero-order valence-electron chi connectivity index (χ0n) is 10.9. The molecule has 0 aliphatic rings. The Balaban J connectivity index is 2.94. The number of rotatable bonds is 6. The zero-order chi connectivity index (χ0) is 14.5. The Hall–Kier alpha value is -1.78. The Labute approximate surface area is 110 Å². The second-order valence-electron chi connectivity index (χ2n) is 4.20. The normalized spacial score (nSPS) is 12.8. The van der Waals surface area contributed by atoms with E-state index in [2.05, 4.69) is 4.74 Å². The van der Waals surface area contributed by atoms with Crippen LogP contribution in [-0.2, 0) is 20.7 Å². The minimum atomic E-state index is -3.81. The van der Waals surface area contributed by atoms with Crippen molar-refractivity contribution in [1.82, 2.24) is 0 Å². The summed E-state index contributed by atoms with van der Waals surface area (Å²) in [5.41, 5.74) is 0.576. The van der Waals surface area contributed by atoms with Crippen LogP contribution in [0.4, 0.5) is 8.78 Å². The van der Waals surface area contributed by atoms with Gasteiger partial charge >= 0.3 is 11.9 Å². The molecule has 1 rings (SSSR count). The maximum Gasteiger partial charge on any atom is 0.377 e. The van der Waals surface area contributed by atoms with Crippen molar-refractivity contribution in [2.75, 3.05) is 6.61 Å². The number of alkyl halides is 2. The third-order valence-corrected chi connectivity index (χ3v) is 2.76. The van der Waals surface area contributed by atoms with E-state index >= 15 is 0 Å². The largest absolute Gasteiger partial charge is 0.462 e. The van der Waals surface area contributed by atoms with Gasteiger partial charge in [-0.25, -0.2) is 4.79 Å². The summed E-state index contributed by atoms with van der Waals surface area (Å²) in [6.45, 7) is 2.35. The molecule has 0 fully saturated rings. The van der Waals surface area contributed by atoms with E-state index < -0.39 is 23.6 Å². The minimum absolute atomic E-state index is 0.148. The first-order valence-corrected chi connectivity index (χ1v) is 5.99. The standard InChI is InChI=1S/C14H16F2O3/c1-3-19-13(18)14(15,16)12(10(2)17)9-11-7-5-4-6-8-11/h4-8,12H,3,9H2,1-2H3. The number of hydrogen-bond donors (Lipinski definition) is 0. The van der Waals surface area contributed by atoms with Gasteiger partial charge in [0.25, 0.3) is 0 Å². The monoisotopic (exact) mass is 270 g/mol. The van der Waals surface area contributed by atoms with Gasteiger partial charge in [0, 0.05) is 0 Å². The fourth-order valence-corrected chi connectivity index (χ4v) is 1.75. The molecule has 0 heterocycles. The molecular formula is C14H16F2O3. The second-order valence-corrected chi connectivity index (χ2v) is 4.20. The smallest absolute Gasteiger partial charge is 0.377 e. The van der Waals surface area contributed by atoms with Gasteiger partial charge in [0.15, 0.2) is 0 Å². The van der Waals surface area contributed by atoms with Crippen molar-refractivity contribution in [2.45, 2.75) is 26.2 Å². The number of benzene rings is 1. The lowest BCUT2D eigenvalue weighted by Crippen LogP contribution is -2.43. The number of hydrogen-bond acceptors (Lipinski definition) is 3. The van der Waals surface area contributed by atoms with Gasteiger partial charge in [-0.15, -0.1) is 0 Å². The van der Waals surface area contributed by atoms with Crippen molar-refractivity contribution >= 4 is 11.8 Å². The lowest BCUT2D eigenvalue weighted by molar-refractivity contribution is -0.181. The van der Waals surface area contributed by atoms with Gasteiger partial charge in [-0.1, -0.05) is 30.3 Å². The Morgan fingerprint density at radius 1 is 1.26 bits per heavy atom. The van der Waals surface area contributed by atoms with Crippen LogP contribution in [0.15, 0.2) is 30.3 Å². The molecule has 5 heteroatoms. The molecule has 1 aromatic carbocycles. The van der Waals surface area contributed by atoms with Gasteiger partial charge < -0.3 is 4.74 Å². The summed E-state index contributed by atoms with van der Waals surface area (Å²) in [6.07, 6.45) is -0.192. The third kappa shape index (κ3) is 3.84. The molecule has 1 unspecified atom stereocenters. The predicted molar refractivity (Wildman–Crippen MR) is 65.9 cm³/mol. The first kappa shape index (κ1) is 15.3. The third-order valence-electron chi connectivity index (χ3n) is 2.76. The van der Waals surface area contributed by atoms with Crippen molar-refractivity contribution < 1.29 is 23.1 Å². The van der Waals surface area contributed by atoms with Crippen LogP contribution in [0.25, 0.3) is 0 Å². The summed E-state index contributed by atoms with van der Waals surface area (Å²) < 4.78 is 32.2. The summed E-state index contributed by atoms with van der Waals surface area (Å²) in [6, 6.07) is 8.40. The number of halogens is 2. The lowest BCUT2D eigenvalue weighted by Gasteiger charge is -2.23. The van der Waals surface area contributed by atoms with Crippen molar-refractivity contribution in [3.8, 4) is 0 Å². The summed E-state index contributed by atoms with van der Waals surface area (Å²) in [5.74, 6) is -7.89. The van der Waals surface area contributed by atoms with Crippen LogP contribution >= 0.6 is 0 Å². The SMILES string of the molecule is CCOC(=O)C(F)(F)C(Cc1ccccc1)C(C)=O. The van der Waals surface area contributed by atoms with Crippen molar-refractivity contribution in [1.29, 1.82) is 0 Å². The van der Waals surface area contributed by atoms with Crippen LogP contribution < -0.4 is 0 Å². The number of Topliss-reactive ketones (excluding diaryl/α,β-unsaturated/α-hetero) is 1. The molecule has 104 valence electrons. The predicted octanol–water partition coefficient (Wildman–Crippen LogP) is 2.63. The Bertz CT molecular complexity index is 443. The summed E-state index contributed by atoms with van der Waals surface area (Å²) in [4.78, 5) is 22.7. The highest BCUT2D eigenvalue weighted by atomic mass is 19.3. The fourth-order valence-electron chi connectivity index (χ4n) is 1.75. The van der Waals surface area contributed by atoms with E-state index in [0.29, 0.717) is 5.56 Å². The van der Waals surface area contributed by atoms with E-state index in [0.717, 1.165) is 6.92 Å². The molecule has 0 aliphatic heterocycles. The summed E-state index contributed by atoms with van der Waals surface area (Å²) in [7, 11) is 0. The Morgan fingerprint density at radius 3 is 2.32 bits per heavy atom. The molecule has 0 N–H and O–H groups in total. The molecule has 1 aromatic rings. The summed E-state index contributed by atoms with van der Waals surface area (Å²) in [5, 5.41) is 0. The highest BCUT2D eigenvalue weighted by Crippen LogP contribution is 2.30. The second kappa shape index (κ2) is 6.41. The molecule has 0 aliphatic carbocycles. The molecular weight excluding hydrogens is 254 g/mol. The Morgan fingerprint density at radius 2 is 1.84 bits per heavy atom. The average molecular weight is 270 g/mol. The molecule has 0 amide bonds. The fraction of sp³-hybridized carbons (Fsp3) is 0.429. The molecule has 0 radical (unpaired) electrons. The van der Waals surface area contributed by atoms with Gasteiger partial charge in [0.05, 0.1) is 12.5 Å². The van der Waals surface area contributed by atoms with Gasteiger partial charge in [0.1, 0.15) is 5.78 Å². The van der Waals surface area contributed by atoms with Crippen LogP contribution in [0.1, 0.15) is 19.4 Å². The highest BCUT2D eigenvalue weighted by Gasteiger charge is 2.50. The maximum absolute atomic E-state index is 13.9. The number of ether oxygens (including phenoxy) is 1. The van der Waals surface area contributed by atoms with E-state index in [1.165, 1.54) is 6.92 Å². The van der Waals surface area contributed by atoms with Crippen LogP contribution in [0, 0.1) is 5.92 Å². The van der Waals surface area contributed by atoms with Gasteiger partial charge in [-0.3, -0.25) is 4.79 Å². The van der Waals surface area contributed by atoms with E-state index in [1.807, 2.05) is 0 Å². The average Bonchev–Trinajstić information content (AvgIpc) is 2.37. The molecule has 3 nitrogen and oxygen atoms in total. The maximum atomic E-state index is 13.9. The molecule has 0 spiro atoms. The molecule has 19 heavy (non-hydrogen) atoms. The number of carbonyl (C=O) groups is 2. The van der Waals surface area contributed by atoms with Gasteiger partial charge in [0.2, 0.25) is 0 Å². The number of esters is 1. The van der Waals surface area contributed by atoms with Crippen LogP contribution in [0.5, 0.6) is 0 Å². The number of carbonyl (C=O) groups excluding carboxylic acids is 2. The first-order valence-electron chi connectivity index (χ1n) is 5.99. The lowest BCUT2D eigenvalue weighted by atomic mass is 9.90.